The van der Waals surface area contributed by atoms with Gasteiger partial charge in [0, 0.05) is 4.47 Å². The van der Waals surface area contributed by atoms with Crippen LogP contribution >= 0.6 is 15.9 Å². The number of benzene rings is 1. The zero-order valence-corrected chi connectivity index (χ0v) is 8.49. The lowest BCUT2D eigenvalue weighted by atomic mass is 10.1. The Morgan fingerprint density at radius 2 is 2.00 bits per heavy atom. The first-order valence-electron chi connectivity index (χ1n) is 4.17. The third-order valence-electron chi connectivity index (χ3n) is 2.41. The van der Waals surface area contributed by atoms with E-state index in [1.165, 1.54) is 0 Å². The molecule has 0 amide bonds. The van der Waals surface area contributed by atoms with Crippen LogP contribution in [-0.4, -0.2) is 11.1 Å². The van der Waals surface area contributed by atoms with E-state index in [1.807, 2.05) is 24.3 Å². The summed E-state index contributed by atoms with van der Waals surface area (Å²) in [5.74, 6) is -0.584. The van der Waals surface area contributed by atoms with Crippen LogP contribution < -0.4 is 0 Å². The summed E-state index contributed by atoms with van der Waals surface area (Å²) in [6.07, 6.45) is 0.789. The van der Waals surface area contributed by atoms with Crippen LogP contribution in [0.3, 0.4) is 0 Å². The molecule has 0 aliphatic heterocycles. The molecule has 0 saturated heterocycles. The molecular formula is C10H9BrO2. The Bertz CT molecular complexity index is 331. The molecule has 1 fully saturated rings. The summed E-state index contributed by atoms with van der Waals surface area (Å²) in [5, 5.41) is 8.73. The summed E-state index contributed by atoms with van der Waals surface area (Å²) < 4.78 is 1.03. The summed E-state index contributed by atoms with van der Waals surface area (Å²) in [5.41, 5.74) is 1.13. The zero-order valence-electron chi connectivity index (χ0n) is 6.90. The van der Waals surface area contributed by atoms with E-state index < -0.39 is 5.97 Å². The van der Waals surface area contributed by atoms with Crippen molar-refractivity contribution < 1.29 is 9.90 Å². The Kier molecular flexibility index (Phi) is 2.12. The molecule has 2 rings (SSSR count). The van der Waals surface area contributed by atoms with Crippen LogP contribution in [0.5, 0.6) is 0 Å². The lowest BCUT2D eigenvalue weighted by Gasteiger charge is -1.97. The lowest BCUT2D eigenvalue weighted by Crippen LogP contribution is -1.98. The minimum atomic E-state index is -0.673. The van der Waals surface area contributed by atoms with Gasteiger partial charge in [-0.1, -0.05) is 28.1 Å². The number of hydrogen-bond acceptors (Lipinski definition) is 1. The molecule has 1 aromatic carbocycles. The largest absolute Gasteiger partial charge is 0.481 e. The van der Waals surface area contributed by atoms with Crippen molar-refractivity contribution in [1.82, 2.24) is 0 Å². The van der Waals surface area contributed by atoms with Crippen molar-refractivity contribution in [1.29, 1.82) is 0 Å². The fourth-order valence-corrected chi connectivity index (χ4v) is 1.81. The van der Waals surface area contributed by atoms with Crippen molar-refractivity contribution in [3.63, 3.8) is 0 Å². The molecule has 1 N–H and O–H groups in total. The number of carboxylic acids is 1. The van der Waals surface area contributed by atoms with Crippen molar-refractivity contribution >= 4 is 21.9 Å². The van der Waals surface area contributed by atoms with Gasteiger partial charge in [0.1, 0.15) is 0 Å². The molecular weight excluding hydrogens is 232 g/mol. The Labute approximate surface area is 84.7 Å². The van der Waals surface area contributed by atoms with E-state index in [0.29, 0.717) is 0 Å². The Morgan fingerprint density at radius 3 is 2.46 bits per heavy atom. The molecule has 1 aliphatic carbocycles. The molecule has 2 nitrogen and oxygen atoms in total. The molecule has 1 aliphatic rings. The number of aliphatic carboxylic acids is 1. The normalized spacial score (nSPS) is 25.6. The third-order valence-corrected chi connectivity index (χ3v) is 2.93. The highest BCUT2D eigenvalue weighted by atomic mass is 79.9. The van der Waals surface area contributed by atoms with E-state index in [9.17, 15) is 4.79 Å². The lowest BCUT2D eigenvalue weighted by molar-refractivity contribution is -0.138. The summed E-state index contributed by atoms with van der Waals surface area (Å²) in [7, 11) is 0. The zero-order chi connectivity index (χ0) is 9.42. The quantitative estimate of drug-likeness (QED) is 0.864. The highest BCUT2D eigenvalue weighted by Crippen LogP contribution is 2.47. The van der Waals surface area contributed by atoms with E-state index >= 15 is 0 Å². The summed E-state index contributed by atoms with van der Waals surface area (Å²) >= 11 is 3.34. The molecule has 0 spiro atoms. The molecule has 68 valence electrons. The van der Waals surface area contributed by atoms with Gasteiger partial charge in [0.2, 0.25) is 0 Å². The maximum absolute atomic E-state index is 10.6. The number of hydrogen-bond donors (Lipinski definition) is 1. The first kappa shape index (κ1) is 8.75. The molecule has 1 saturated carbocycles. The van der Waals surface area contributed by atoms with Crippen LogP contribution in [0.2, 0.25) is 0 Å². The van der Waals surface area contributed by atoms with Crippen LogP contribution in [-0.2, 0) is 4.79 Å². The monoisotopic (exact) mass is 240 g/mol. The Balaban J connectivity index is 2.12. The highest BCUT2D eigenvalue weighted by molar-refractivity contribution is 9.10. The molecule has 2 atom stereocenters. The Hall–Kier alpha value is -0.830. The van der Waals surface area contributed by atoms with Gasteiger partial charge in [-0.3, -0.25) is 4.79 Å². The Morgan fingerprint density at radius 1 is 1.38 bits per heavy atom. The fourth-order valence-electron chi connectivity index (χ4n) is 1.55. The summed E-state index contributed by atoms with van der Waals surface area (Å²) in [6.45, 7) is 0. The molecule has 1 aromatic rings. The van der Waals surface area contributed by atoms with Crippen LogP contribution in [0, 0.1) is 5.92 Å². The maximum Gasteiger partial charge on any atom is 0.307 e. The summed E-state index contributed by atoms with van der Waals surface area (Å²) in [6, 6.07) is 7.87. The van der Waals surface area contributed by atoms with Crippen molar-refractivity contribution in [3.8, 4) is 0 Å². The fraction of sp³-hybridized carbons (Fsp3) is 0.300. The molecule has 0 aromatic heterocycles. The second kappa shape index (κ2) is 3.14. The topological polar surface area (TPSA) is 37.3 Å². The predicted octanol–water partition coefficient (Wildman–Crippen LogP) is 2.64. The van der Waals surface area contributed by atoms with Gasteiger partial charge in [0.15, 0.2) is 0 Å². The molecule has 3 heteroatoms. The second-order valence-corrected chi connectivity index (χ2v) is 4.25. The SMILES string of the molecule is O=C(O)[C@H]1CC1c1ccc(Br)cc1. The average molecular weight is 241 g/mol. The van der Waals surface area contributed by atoms with Crippen LogP contribution in [0.25, 0.3) is 0 Å². The first-order valence-corrected chi connectivity index (χ1v) is 4.96. The van der Waals surface area contributed by atoms with E-state index in [-0.39, 0.29) is 11.8 Å². The van der Waals surface area contributed by atoms with Gasteiger partial charge in [-0.25, -0.2) is 0 Å². The van der Waals surface area contributed by atoms with Crippen LogP contribution in [0.1, 0.15) is 17.9 Å². The van der Waals surface area contributed by atoms with Crippen LogP contribution in [0.15, 0.2) is 28.7 Å². The van der Waals surface area contributed by atoms with E-state index in [2.05, 4.69) is 15.9 Å². The average Bonchev–Trinajstić information content (AvgIpc) is 2.85. The van der Waals surface area contributed by atoms with E-state index in [0.717, 1.165) is 16.5 Å². The smallest absolute Gasteiger partial charge is 0.307 e. The van der Waals surface area contributed by atoms with E-state index in [1.54, 1.807) is 0 Å². The second-order valence-electron chi connectivity index (χ2n) is 3.34. The minimum Gasteiger partial charge on any atom is -0.481 e. The van der Waals surface area contributed by atoms with Crippen molar-refractivity contribution in [2.45, 2.75) is 12.3 Å². The summed E-state index contributed by atoms with van der Waals surface area (Å²) in [4.78, 5) is 10.6. The van der Waals surface area contributed by atoms with Gasteiger partial charge in [0.25, 0.3) is 0 Å². The maximum atomic E-state index is 10.6. The third kappa shape index (κ3) is 1.75. The predicted molar refractivity (Wildman–Crippen MR) is 52.6 cm³/mol. The van der Waals surface area contributed by atoms with Gasteiger partial charge in [0.05, 0.1) is 5.92 Å². The van der Waals surface area contributed by atoms with Crippen molar-refractivity contribution in [2.75, 3.05) is 0 Å². The molecule has 0 heterocycles. The number of carbonyl (C=O) groups is 1. The van der Waals surface area contributed by atoms with Gasteiger partial charge in [-0.15, -0.1) is 0 Å². The minimum absolute atomic E-state index is 0.152. The molecule has 0 bridgehead atoms. The standard InChI is InChI=1S/C10H9BrO2/c11-7-3-1-6(2-4-7)8-5-9(8)10(12)13/h1-4,8-9H,5H2,(H,12,13)/t8?,9-/m0/s1. The van der Waals surface area contributed by atoms with Gasteiger partial charge >= 0.3 is 5.97 Å². The molecule has 1 unspecified atom stereocenters. The van der Waals surface area contributed by atoms with Gasteiger partial charge in [-0.05, 0) is 30.0 Å². The number of halogens is 1. The van der Waals surface area contributed by atoms with E-state index in [4.69, 9.17) is 5.11 Å². The molecule has 0 radical (unpaired) electrons. The first-order chi connectivity index (χ1) is 6.18. The van der Waals surface area contributed by atoms with Gasteiger partial charge < -0.3 is 5.11 Å². The van der Waals surface area contributed by atoms with Crippen molar-refractivity contribution in [3.05, 3.63) is 34.3 Å². The molecule has 13 heavy (non-hydrogen) atoms. The number of rotatable bonds is 2. The van der Waals surface area contributed by atoms with Gasteiger partial charge in [-0.2, -0.15) is 0 Å². The van der Waals surface area contributed by atoms with Crippen LogP contribution in [0.4, 0.5) is 0 Å². The van der Waals surface area contributed by atoms with Crippen molar-refractivity contribution in [2.24, 2.45) is 5.92 Å². The number of carboxylic acid groups (broad SMARTS) is 1. The highest BCUT2D eigenvalue weighted by Gasteiger charge is 2.43.